The number of aliphatic hydroxyl groups excluding tert-OH is 1. The molecule has 1 rings (SSSR count). The Morgan fingerprint density at radius 1 is 1.21 bits per heavy atom. The van der Waals surface area contributed by atoms with Crippen LogP contribution in [0.4, 0.5) is 0 Å². The quantitative estimate of drug-likeness (QED) is 0.858. The van der Waals surface area contributed by atoms with Crippen molar-refractivity contribution in [3.63, 3.8) is 0 Å². The Kier molecular flexibility index (Phi) is 5.98. The molecule has 0 heterocycles. The second kappa shape index (κ2) is 7.04. The van der Waals surface area contributed by atoms with Gasteiger partial charge in [-0.2, -0.15) is 0 Å². The zero-order chi connectivity index (χ0) is 14.5. The van der Waals surface area contributed by atoms with E-state index in [1.807, 2.05) is 19.2 Å². The molecule has 3 heteroatoms. The molecule has 0 saturated heterocycles. The van der Waals surface area contributed by atoms with Crippen LogP contribution in [0.2, 0.25) is 0 Å². The molecule has 1 aromatic carbocycles. The van der Waals surface area contributed by atoms with Gasteiger partial charge >= 0.3 is 0 Å². The third-order valence-electron chi connectivity index (χ3n) is 3.32. The van der Waals surface area contributed by atoms with Gasteiger partial charge < -0.3 is 14.7 Å². The number of likely N-dealkylation sites (N-methyl/N-ethyl adjacent to an activating group) is 1. The fourth-order valence-electron chi connectivity index (χ4n) is 1.94. The molecule has 0 aromatic heterocycles. The highest BCUT2D eigenvalue weighted by atomic mass is 16.5. The highest BCUT2D eigenvalue weighted by Gasteiger charge is 2.15. The zero-order valence-electron chi connectivity index (χ0n) is 12.8. The first-order valence-corrected chi connectivity index (χ1v) is 6.80. The SMILES string of the molecule is COCCN(C)CC(O)c1ccc(C(C)(C)C)cc1. The van der Waals surface area contributed by atoms with Gasteiger partial charge in [-0.25, -0.2) is 0 Å². The van der Waals surface area contributed by atoms with Crippen molar-refractivity contribution in [3.05, 3.63) is 35.4 Å². The number of rotatable bonds is 6. The molecule has 3 nitrogen and oxygen atoms in total. The molecule has 19 heavy (non-hydrogen) atoms. The Labute approximate surface area is 117 Å². The van der Waals surface area contributed by atoms with Crippen molar-refractivity contribution in [3.8, 4) is 0 Å². The summed E-state index contributed by atoms with van der Waals surface area (Å²) in [7, 11) is 3.68. The summed E-state index contributed by atoms with van der Waals surface area (Å²) in [6, 6.07) is 8.26. The first kappa shape index (κ1) is 16.2. The van der Waals surface area contributed by atoms with Crippen molar-refractivity contribution in [1.82, 2.24) is 4.90 Å². The van der Waals surface area contributed by atoms with Crippen LogP contribution in [0.15, 0.2) is 24.3 Å². The molecule has 0 fully saturated rings. The summed E-state index contributed by atoms with van der Waals surface area (Å²) < 4.78 is 5.03. The largest absolute Gasteiger partial charge is 0.387 e. The Morgan fingerprint density at radius 2 is 1.79 bits per heavy atom. The molecule has 1 atom stereocenters. The van der Waals surface area contributed by atoms with E-state index in [0.29, 0.717) is 13.2 Å². The van der Waals surface area contributed by atoms with Gasteiger partial charge in [-0.05, 0) is 23.6 Å². The maximum absolute atomic E-state index is 10.2. The maximum atomic E-state index is 10.2. The standard InChI is InChI=1S/C16H27NO2/c1-16(2,3)14-8-6-13(7-9-14)15(18)12-17(4)10-11-19-5/h6-9,15,18H,10-12H2,1-5H3. The van der Waals surface area contributed by atoms with E-state index in [2.05, 4.69) is 37.8 Å². The second-order valence-electron chi connectivity index (χ2n) is 6.14. The lowest BCUT2D eigenvalue weighted by molar-refractivity contribution is 0.103. The Balaban J connectivity index is 2.60. The highest BCUT2D eigenvalue weighted by molar-refractivity contribution is 5.28. The number of aliphatic hydroxyl groups is 1. The predicted octanol–water partition coefficient (Wildman–Crippen LogP) is 2.60. The van der Waals surface area contributed by atoms with Gasteiger partial charge in [0.05, 0.1) is 12.7 Å². The van der Waals surface area contributed by atoms with Crippen LogP contribution in [0.5, 0.6) is 0 Å². The predicted molar refractivity (Wildman–Crippen MR) is 79.5 cm³/mol. The molecule has 108 valence electrons. The highest BCUT2D eigenvalue weighted by Crippen LogP contribution is 2.24. The van der Waals surface area contributed by atoms with Crippen LogP contribution in [0.25, 0.3) is 0 Å². The van der Waals surface area contributed by atoms with Gasteiger partial charge in [0, 0.05) is 20.2 Å². The third kappa shape index (κ3) is 5.31. The van der Waals surface area contributed by atoms with Crippen LogP contribution in [0.3, 0.4) is 0 Å². The minimum Gasteiger partial charge on any atom is -0.387 e. The van der Waals surface area contributed by atoms with Crippen molar-refractivity contribution in [2.24, 2.45) is 0 Å². The summed E-state index contributed by atoms with van der Waals surface area (Å²) in [6.45, 7) is 8.71. The molecule has 0 saturated carbocycles. The minimum atomic E-state index is -0.448. The summed E-state index contributed by atoms with van der Waals surface area (Å²) in [5.41, 5.74) is 2.41. The van der Waals surface area contributed by atoms with Crippen LogP contribution < -0.4 is 0 Å². The van der Waals surface area contributed by atoms with Crippen molar-refractivity contribution in [1.29, 1.82) is 0 Å². The van der Waals surface area contributed by atoms with Gasteiger partial charge in [0.15, 0.2) is 0 Å². The molecular formula is C16H27NO2. The molecule has 0 bridgehead atoms. The minimum absolute atomic E-state index is 0.152. The number of methoxy groups -OCH3 is 1. The molecule has 0 aliphatic heterocycles. The number of ether oxygens (including phenoxy) is 1. The van der Waals surface area contributed by atoms with Crippen LogP contribution in [0.1, 0.15) is 38.0 Å². The van der Waals surface area contributed by atoms with Gasteiger partial charge in [-0.15, -0.1) is 0 Å². The van der Waals surface area contributed by atoms with E-state index in [9.17, 15) is 5.11 Å². The number of benzene rings is 1. The fourth-order valence-corrected chi connectivity index (χ4v) is 1.94. The van der Waals surface area contributed by atoms with Gasteiger partial charge in [0.1, 0.15) is 0 Å². The summed E-state index contributed by atoms with van der Waals surface area (Å²) in [5, 5.41) is 10.2. The topological polar surface area (TPSA) is 32.7 Å². The van der Waals surface area contributed by atoms with E-state index in [-0.39, 0.29) is 5.41 Å². The van der Waals surface area contributed by atoms with E-state index >= 15 is 0 Å². The van der Waals surface area contributed by atoms with Crippen molar-refractivity contribution in [2.45, 2.75) is 32.3 Å². The molecular weight excluding hydrogens is 238 g/mol. The Bertz CT molecular complexity index is 367. The Hall–Kier alpha value is -0.900. The van der Waals surface area contributed by atoms with Gasteiger partial charge in [-0.3, -0.25) is 0 Å². The smallest absolute Gasteiger partial charge is 0.0916 e. The fraction of sp³-hybridized carbons (Fsp3) is 0.625. The molecule has 1 N–H and O–H groups in total. The second-order valence-corrected chi connectivity index (χ2v) is 6.14. The van der Waals surface area contributed by atoms with Crippen LogP contribution in [0, 0.1) is 0 Å². The van der Waals surface area contributed by atoms with E-state index in [4.69, 9.17) is 4.74 Å². The van der Waals surface area contributed by atoms with Gasteiger partial charge in [-0.1, -0.05) is 45.0 Å². The maximum Gasteiger partial charge on any atom is 0.0916 e. The molecule has 0 radical (unpaired) electrons. The van der Waals surface area contributed by atoms with E-state index in [1.54, 1.807) is 7.11 Å². The number of hydrogen-bond acceptors (Lipinski definition) is 3. The molecule has 1 aromatic rings. The van der Waals surface area contributed by atoms with Crippen LogP contribution in [-0.2, 0) is 10.2 Å². The molecule has 0 spiro atoms. The monoisotopic (exact) mass is 265 g/mol. The summed E-state index contributed by atoms with van der Waals surface area (Å²) in [4.78, 5) is 2.08. The van der Waals surface area contributed by atoms with Crippen molar-refractivity contribution in [2.75, 3.05) is 33.9 Å². The van der Waals surface area contributed by atoms with E-state index in [0.717, 1.165) is 12.1 Å². The normalized spacial score (nSPS) is 13.8. The van der Waals surface area contributed by atoms with Crippen LogP contribution >= 0.6 is 0 Å². The molecule has 1 unspecified atom stereocenters. The number of hydrogen-bond donors (Lipinski definition) is 1. The lowest BCUT2D eigenvalue weighted by atomic mass is 9.86. The zero-order valence-corrected chi connectivity index (χ0v) is 12.8. The Morgan fingerprint density at radius 3 is 2.26 bits per heavy atom. The molecule has 0 aliphatic rings. The van der Waals surface area contributed by atoms with Crippen LogP contribution in [-0.4, -0.2) is 43.9 Å². The molecule has 0 aliphatic carbocycles. The summed E-state index contributed by atoms with van der Waals surface area (Å²) in [5.74, 6) is 0. The van der Waals surface area contributed by atoms with Crippen molar-refractivity contribution >= 4 is 0 Å². The summed E-state index contributed by atoms with van der Waals surface area (Å²) >= 11 is 0. The van der Waals surface area contributed by atoms with E-state index in [1.165, 1.54) is 5.56 Å². The average molecular weight is 265 g/mol. The van der Waals surface area contributed by atoms with Gasteiger partial charge in [0.2, 0.25) is 0 Å². The van der Waals surface area contributed by atoms with Gasteiger partial charge in [0.25, 0.3) is 0 Å². The van der Waals surface area contributed by atoms with E-state index < -0.39 is 6.10 Å². The first-order valence-electron chi connectivity index (χ1n) is 6.80. The lowest BCUT2D eigenvalue weighted by Crippen LogP contribution is -2.27. The lowest BCUT2D eigenvalue weighted by Gasteiger charge is -2.22. The number of nitrogens with zero attached hydrogens (tertiary/aromatic N) is 1. The average Bonchev–Trinajstić information content (AvgIpc) is 2.35. The molecule has 0 amide bonds. The first-order chi connectivity index (χ1) is 8.84. The third-order valence-corrected chi connectivity index (χ3v) is 3.32. The summed E-state index contributed by atoms with van der Waals surface area (Å²) in [6.07, 6.45) is -0.448. The van der Waals surface area contributed by atoms with Crippen molar-refractivity contribution < 1.29 is 9.84 Å².